The molecule has 0 unspecified atom stereocenters. The third kappa shape index (κ3) is 9.32. The molecule has 0 fully saturated rings. The van der Waals surface area contributed by atoms with Crippen LogP contribution in [-0.4, -0.2) is 37.2 Å². The number of benzene rings is 1. The van der Waals surface area contributed by atoms with Crippen LogP contribution in [0.3, 0.4) is 0 Å². The Hall–Kier alpha value is -1.92. The van der Waals surface area contributed by atoms with Gasteiger partial charge in [-0.15, -0.1) is 0 Å². The number of hydrogen-bond donors (Lipinski definition) is 3. The quantitative estimate of drug-likeness (QED) is 0.638. The van der Waals surface area contributed by atoms with E-state index < -0.39 is 5.97 Å². The van der Waals surface area contributed by atoms with Crippen LogP contribution in [0.15, 0.2) is 30.3 Å². The van der Waals surface area contributed by atoms with Gasteiger partial charge in [0.15, 0.2) is 0 Å². The maximum absolute atomic E-state index is 10.9. The molecule has 0 heterocycles. The highest BCUT2D eigenvalue weighted by Gasteiger charge is 1.99. The molecule has 6 heteroatoms. The van der Waals surface area contributed by atoms with E-state index in [-0.39, 0.29) is 19.1 Å². The van der Waals surface area contributed by atoms with Crippen molar-refractivity contribution in [3.05, 3.63) is 35.9 Å². The monoisotopic (exact) mass is 254 g/mol. The molecule has 1 aromatic rings. The molecule has 100 valence electrons. The molecule has 0 atom stereocenters. The van der Waals surface area contributed by atoms with Gasteiger partial charge in [-0.25, -0.2) is 0 Å². The summed E-state index contributed by atoms with van der Waals surface area (Å²) >= 11 is 0. The number of rotatable bonds is 5. The van der Waals surface area contributed by atoms with Gasteiger partial charge in [0.2, 0.25) is 0 Å². The Morgan fingerprint density at radius 3 is 2.33 bits per heavy atom. The lowest BCUT2D eigenvalue weighted by Crippen LogP contribution is -2.20. The maximum atomic E-state index is 10.9. The predicted octanol–water partition coefficient (Wildman–Crippen LogP) is -0.0211. The molecule has 4 N–H and O–H groups in total. The van der Waals surface area contributed by atoms with E-state index in [9.17, 15) is 9.59 Å². The molecule has 18 heavy (non-hydrogen) atoms. The number of carbonyl (C=O) groups excluding carboxylic acids is 1. The van der Waals surface area contributed by atoms with Gasteiger partial charge < -0.3 is 20.9 Å². The third-order valence-electron chi connectivity index (χ3n) is 1.74. The number of hydrogen-bond acceptors (Lipinski definition) is 5. The van der Waals surface area contributed by atoms with E-state index in [0.717, 1.165) is 5.56 Å². The molecule has 0 radical (unpaired) electrons. The van der Waals surface area contributed by atoms with Crippen LogP contribution in [0.5, 0.6) is 0 Å². The Balaban J connectivity index is 0.000000494. The molecule has 0 aliphatic carbocycles. The van der Waals surface area contributed by atoms with Crippen LogP contribution < -0.4 is 11.1 Å². The molecule has 0 saturated carbocycles. The lowest BCUT2D eigenvalue weighted by Gasteiger charge is -2.03. The van der Waals surface area contributed by atoms with Crippen LogP contribution in [0, 0.1) is 0 Å². The number of nitrogens with one attached hydrogen (secondary N) is 1. The fourth-order valence-electron chi connectivity index (χ4n) is 0.933. The third-order valence-corrected chi connectivity index (χ3v) is 1.74. The van der Waals surface area contributed by atoms with Crippen molar-refractivity contribution in [2.75, 3.05) is 20.1 Å². The Morgan fingerprint density at radius 1 is 1.33 bits per heavy atom. The van der Waals surface area contributed by atoms with E-state index in [1.165, 1.54) is 0 Å². The molecular weight excluding hydrogens is 236 g/mol. The predicted molar refractivity (Wildman–Crippen MR) is 66.9 cm³/mol. The van der Waals surface area contributed by atoms with Gasteiger partial charge >= 0.3 is 11.9 Å². The summed E-state index contributed by atoms with van der Waals surface area (Å²) in [5, 5.41) is 10.3. The molecule has 0 spiro atoms. The second-order valence-corrected chi connectivity index (χ2v) is 3.27. The number of esters is 1. The Labute approximate surface area is 106 Å². The molecular formula is C12H18N2O4. The van der Waals surface area contributed by atoms with E-state index >= 15 is 0 Å². The van der Waals surface area contributed by atoms with Crippen molar-refractivity contribution in [2.24, 2.45) is 5.73 Å². The Morgan fingerprint density at radius 2 is 1.89 bits per heavy atom. The number of ether oxygens (including phenoxy) is 1. The molecule has 6 nitrogen and oxygen atoms in total. The van der Waals surface area contributed by atoms with Gasteiger partial charge in [0.25, 0.3) is 0 Å². The molecule has 0 aliphatic rings. The number of carboxylic acids is 1. The van der Waals surface area contributed by atoms with E-state index in [1.807, 2.05) is 30.3 Å². The fraction of sp³-hybridized carbons (Fsp3) is 0.333. The average molecular weight is 254 g/mol. The van der Waals surface area contributed by atoms with E-state index in [1.54, 1.807) is 7.05 Å². The largest absolute Gasteiger partial charge is 0.480 e. The summed E-state index contributed by atoms with van der Waals surface area (Å²) in [6.07, 6.45) is 0. The number of likely N-dealkylation sites (N-methyl/N-ethyl adjacent to an activating group) is 1. The minimum Gasteiger partial charge on any atom is -0.480 e. The summed E-state index contributed by atoms with van der Waals surface area (Å²) in [6, 6.07) is 9.61. The highest BCUT2D eigenvalue weighted by Crippen LogP contribution is 1.99. The molecule has 0 amide bonds. The van der Waals surface area contributed by atoms with Crippen molar-refractivity contribution in [1.82, 2.24) is 5.32 Å². The van der Waals surface area contributed by atoms with Crippen molar-refractivity contribution in [1.29, 1.82) is 0 Å². The number of nitrogens with two attached hydrogens (primary N) is 1. The highest BCUT2D eigenvalue weighted by atomic mass is 16.5. The zero-order valence-electron chi connectivity index (χ0n) is 10.3. The number of carboxylic acid groups (broad SMARTS) is 1. The van der Waals surface area contributed by atoms with Gasteiger partial charge in [0.05, 0.1) is 13.1 Å². The highest BCUT2D eigenvalue weighted by molar-refractivity contribution is 5.71. The SMILES string of the molecule is CNCC(=O)OCc1ccccc1.NCC(=O)O. The number of carbonyl (C=O) groups is 2. The van der Waals surface area contributed by atoms with Crippen LogP contribution in [0.4, 0.5) is 0 Å². The van der Waals surface area contributed by atoms with Crippen LogP contribution in [0.1, 0.15) is 5.56 Å². The second-order valence-electron chi connectivity index (χ2n) is 3.27. The Kier molecular flexibility index (Phi) is 9.15. The molecule has 0 aliphatic heterocycles. The van der Waals surface area contributed by atoms with Crippen molar-refractivity contribution in [3.8, 4) is 0 Å². The topological polar surface area (TPSA) is 102 Å². The zero-order chi connectivity index (χ0) is 13.8. The van der Waals surface area contributed by atoms with Crippen molar-refractivity contribution >= 4 is 11.9 Å². The van der Waals surface area contributed by atoms with Crippen molar-refractivity contribution in [3.63, 3.8) is 0 Å². The fourth-order valence-corrected chi connectivity index (χ4v) is 0.933. The normalized spacial score (nSPS) is 9.00. The second kappa shape index (κ2) is 10.2. The first-order chi connectivity index (χ1) is 8.60. The van der Waals surface area contributed by atoms with Gasteiger partial charge in [0, 0.05) is 0 Å². The maximum Gasteiger partial charge on any atom is 0.320 e. The molecule has 0 bridgehead atoms. The van der Waals surface area contributed by atoms with Gasteiger partial charge in [-0.2, -0.15) is 0 Å². The van der Waals surface area contributed by atoms with Crippen LogP contribution in [0.2, 0.25) is 0 Å². The first-order valence-electron chi connectivity index (χ1n) is 5.36. The number of aliphatic carboxylic acids is 1. The zero-order valence-corrected chi connectivity index (χ0v) is 10.3. The first kappa shape index (κ1) is 16.1. The van der Waals surface area contributed by atoms with Gasteiger partial charge in [-0.05, 0) is 12.6 Å². The van der Waals surface area contributed by atoms with Gasteiger partial charge in [-0.1, -0.05) is 30.3 Å². The summed E-state index contributed by atoms with van der Waals surface area (Å²) in [7, 11) is 1.71. The van der Waals surface area contributed by atoms with Crippen LogP contribution in [0.25, 0.3) is 0 Å². The van der Waals surface area contributed by atoms with Gasteiger partial charge in [-0.3, -0.25) is 9.59 Å². The molecule has 0 aromatic heterocycles. The average Bonchev–Trinajstić information content (AvgIpc) is 2.38. The lowest BCUT2D eigenvalue weighted by atomic mass is 10.2. The summed E-state index contributed by atoms with van der Waals surface area (Å²) in [5.74, 6) is -1.20. The first-order valence-corrected chi connectivity index (χ1v) is 5.36. The smallest absolute Gasteiger partial charge is 0.320 e. The Bertz CT molecular complexity index is 354. The summed E-state index contributed by atoms with van der Waals surface area (Å²) in [6.45, 7) is 0.328. The summed E-state index contributed by atoms with van der Waals surface area (Å²) < 4.78 is 4.97. The van der Waals surface area contributed by atoms with E-state index in [4.69, 9.17) is 9.84 Å². The van der Waals surface area contributed by atoms with Crippen molar-refractivity contribution in [2.45, 2.75) is 6.61 Å². The summed E-state index contributed by atoms with van der Waals surface area (Å²) in [4.78, 5) is 20.2. The lowest BCUT2D eigenvalue weighted by molar-refractivity contribution is -0.143. The molecule has 1 aromatic carbocycles. The molecule has 1 rings (SSSR count). The summed E-state index contributed by atoms with van der Waals surface area (Å²) in [5.41, 5.74) is 5.58. The minimum atomic E-state index is -0.968. The van der Waals surface area contributed by atoms with Gasteiger partial charge in [0.1, 0.15) is 6.61 Å². The van der Waals surface area contributed by atoms with Crippen LogP contribution in [-0.2, 0) is 20.9 Å². The minimum absolute atomic E-state index is 0.230. The van der Waals surface area contributed by atoms with E-state index in [2.05, 4.69) is 11.1 Å². The van der Waals surface area contributed by atoms with Crippen LogP contribution >= 0.6 is 0 Å². The van der Waals surface area contributed by atoms with E-state index in [0.29, 0.717) is 6.61 Å². The van der Waals surface area contributed by atoms with Crippen molar-refractivity contribution < 1.29 is 19.4 Å². The standard InChI is InChI=1S/C10H13NO2.C2H5NO2/c1-11-7-10(12)13-8-9-5-3-2-4-6-9;3-1-2(4)5/h2-6,11H,7-8H2,1H3;1,3H2,(H,4,5). The molecule has 0 saturated heterocycles.